The number of hydrogen-bond acceptors (Lipinski definition) is 2. The molecule has 1 aliphatic rings. The fourth-order valence-electron chi connectivity index (χ4n) is 5.94. The number of hydrogen-bond donors (Lipinski definition) is 0. The van der Waals surface area contributed by atoms with Crippen molar-refractivity contribution in [1.82, 2.24) is 4.98 Å². The smallest absolute Gasteiger partial charge is 0.394 e. The molecule has 0 N–H and O–H groups in total. The predicted octanol–water partition coefficient (Wildman–Crippen LogP) is 10.5. The van der Waals surface area contributed by atoms with Crippen LogP contribution >= 0.6 is 0 Å². The van der Waals surface area contributed by atoms with Gasteiger partial charge in [0.05, 0.1) is 5.41 Å². The third kappa shape index (κ3) is 4.95. The quantitative estimate of drug-likeness (QED) is 0.227. The molecule has 0 amide bonds. The molecule has 0 atom stereocenters. The van der Waals surface area contributed by atoms with Crippen LogP contribution in [0, 0.1) is 5.41 Å². The molecule has 0 unspecified atom stereocenters. The van der Waals surface area contributed by atoms with Gasteiger partial charge in [0.25, 0.3) is 0 Å². The van der Waals surface area contributed by atoms with E-state index in [1.54, 1.807) is 12.1 Å². The van der Waals surface area contributed by atoms with Crippen LogP contribution in [0.3, 0.4) is 0 Å². The van der Waals surface area contributed by atoms with Crippen LogP contribution in [0.5, 0.6) is 0 Å². The topological polar surface area (TPSA) is 26.0 Å². The Kier molecular flexibility index (Phi) is 6.49. The number of benzene rings is 3. The van der Waals surface area contributed by atoms with Crippen molar-refractivity contribution < 1.29 is 17.6 Å². The number of rotatable bonds is 5. The Bertz CT molecular complexity index is 1620. The second-order valence-electron chi connectivity index (χ2n) is 11.6. The van der Waals surface area contributed by atoms with E-state index in [0.717, 1.165) is 27.8 Å². The first-order chi connectivity index (χ1) is 18.7. The highest BCUT2D eigenvalue weighted by Gasteiger charge is 2.46. The molecule has 39 heavy (non-hydrogen) atoms. The van der Waals surface area contributed by atoms with Crippen molar-refractivity contribution in [3.05, 3.63) is 90.1 Å². The summed E-state index contributed by atoms with van der Waals surface area (Å²) in [5.74, 6) is 1.23. The van der Waals surface area contributed by atoms with E-state index in [1.807, 2.05) is 30.5 Å². The van der Waals surface area contributed by atoms with Gasteiger partial charge in [0, 0.05) is 22.7 Å². The van der Waals surface area contributed by atoms with Gasteiger partial charge < -0.3 is 4.42 Å². The lowest BCUT2D eigenvalue weighted by Crippen LogP contribution is -2.34. The van der Waals surface area contributed by atoms with E-state index in [-0.39, 0.29) is 6.42 Å². The summed E-state index contributed by atoms with van der Waals surface area (Å²) in [6.45, 7) is 2.47. The van der Waals surface area contributed by atoms with E-state index in [0.29, 0.717) is 17.2 Å². The van der Waals surface area contributed by atoms with Crippen molar-refractivity contribution in [2.45, 2.75) is 64.5 Å². The summed E-state index contributed by atoms with van der Waals surface area (Å²) in [5.41, 5.74) is 3.66. The number of nitrogens with zero attached hydrogens (tertiary/aromatic N) is 1. The summed E-state index contributed by atoms with van der Waals surface area (Å²) in [6.07, 6.45) is 3.76. The second-order valence-corrected chi connectivity index (χ2v) is 11.6. The summed E-state index contributed by atoms with van der Waals surface area (Å²) >= 11 is 0. The lowest BCUT2D eigenvalue weighted by atomic mass is 9.81. The molecule has 0 spiro atoms. The summed E-state index contributed by atoms with van der Waals surface area (Å²) in [6, 6.07) is 24.2. The zero-order chi connectivity index (χ0) is 27.2. The van der Waals surface area contributed by atoms with Gasteiger partial charge in [0.2, 0.25) is 0 Å². The Morgan fingerprint density at radius 1 is 0.821 bits per heavy atom. The van der Waals surface area contributed by atoms with Gasteiger partial charge in [-0.3, -0.25) is 4.98 Å². The van der Waals surface area contributed by atoms with Gasteiger partial charge in [-0.1, -0.05) is 81.6 Å². The van der Waals surface area contributed by atoms with Gasteiger partial charge >= 0.3 is 6.18 Å². The molecule has 1 saturated carbocycles. The van der Waals surface area contributed by atoms with Crippen molar-refractivity contribution in [2.75, 3.05) is 0 Å². The molecule has 200 valence electrons. The average molecular weight is 528 g/mol. The van der Waals surface area contributed by atoms with Crippen LogP contribution in [0.1, 0.15) is 63.0 Å². The Morgan fingerprint density at radius 2 is 1.56 bits per heavy atom. The van der Waals surface area contributed by atoms with Crippen LogP contribution in [-0.4, -0.2) is 11.2 Å². The average Bonchev–Trinajstić information content (AvgIpc) is 3.37. The third-order valence-electron chi connectivity index (χ3n) is 8.30. The lowest BCUT2D eigenvalue weighted by Gasteiger charge is -2.27. The molecule has 5 aromatic rings. The minimum absolute atomic E-state index is 0.0731. The van der Waals surface area contributed by atoms with E-state index in [9.17, 15) is 13.2 Å². The lowest BCUT2D eigenvalue weighted by molar-refractivity contribution is -0.211. The van der Waals surface area contributed by atoms with Crippen LogP contribution in [0.25, 0.3) is 44.3 Å². The maximum atomic E-state index is 13.4. The van der Waals surface area contributed by atoms with Gasteiger partial charge in [0.15, 0.2) is 5.58 Å². The number of halogens is 3. The molecule has 0 aliphatic heterocycles. The highest BCUT2D eigenvalue weighted by molar-refractivity contribution is 5.97. The van der Waals surface area contributed by atoms with Crippen molar-refractivity contribution in [3.63, 3.8) is 0 Å². The first-order valence-electron chi connectivity index (χ1n) is 13.8. The molecule has 3 aromatic carbocycles. The monoisotopic (exact) mass is 527 g/mol. The van der Waals surface area contributed by atoms with Crippen LogP contribution < -0.4 is 0 Å². The maximum absolute atomic E-state index is 13.4. The van der Waals surface area contributed by atoms with Gasteiger partial charge in [-0.2, -0.15) is 13.2 Å². The van der Waals surface area contributed by atoms with Gasteiger partial charge in [-0.25, -0.2) is 0 Å². The maximum Gasteiger partial charge on any atom is 0.394 e. The molecule has 6 rings (SSSR count). The molecule has 0 saturated heterocycles. The number of fused-ring (bicyclic) bond motifs is 2. The third-order valence-corrected chi connectivity index (χ3v) is 8.30. The minimum Gasteiger partial charge on any atom is -0.454 e. The summed E-state index contributed by atoms with van der Waals surface area (Å²) < 4.78 is 46.5. The zero-order valence-corrected chi connectivity index (χ0v) is 22.3. The van der Waals surface area contributed by atoms with Crippen molar-refractivity contribution in [1.29, 1.82) is 0 Å². The molecule has 2 heterocycles. The SMILES string of the molecule is CC(C)(Cc1ccc(-c2cc3ccnc(-c4cc(C5CCCCC5)c5ccccc5c4)c3o2)cc1)C(F)(F)F. The predicted molar refractivity (Wildman–Crippen MR) is 152 cm³/mol. The molecule has 2 aromatic heterocycles. The summed E-state index contributed by atoms with van der Waals surface area (Å²) in [7, 11) is 0. The van der Waals surface area contributed by atoms with E-state index in [1.165, 1.54) is 62.3 Å². The molecular formula is C34H32F3NO. The minimum atomic E-state index is -4.26. The highest BCUT2D eigenvalue weighted by Crippen LogP contribution is 2.42. The van der Waals surface area contributed by atoms with E-state index in [4.69, 9.17) is 9.40 Å². The van der Waals surface area contributed by atoms with Crippen molar-refractivity contribution in [3.8, 4) is 22.6 Å². The fourth-order valence-corrected chi connectivity index (χ4v) is 5.94. The zero-order valence-electron chi connectivity index (χ0n) is 22.3. The number of pyridine rings is 1. The van der Waals surface area contributed by atoms with Crippen LogP contribution in [0.2, 0.25) is 0 Å². The van der Waals surface area contributed by atoms with E-state index < -0.39 is 11.6 Å². The van der Waals surface area contributed by atoms with Gasteiger partial charge in [-0.15, -0.1) is 0 Å². The second kappa shape index (κ2) is 9.86. The highest BCUT2D eigenvalue weighted by atomic mass is 19.4. The molecule has 1 aliphatic carbocycles. The van der Waals surface area contributed by atoms with E-state index >= 15 is 0 Å². The number of alkyl halides is 3. The molecule has 2 nitrogen and oxygen atoms in total. The van der Waals surface area contributed by atoms with Gasteiger partial charge in [0.1, 0.15) is 11.5 Å². The number of aromatic nitrogens is 1. The van der Waals surface area contributed by atoms with Crippen LogP contribution in [-0.2, 0) is 6.42 Å². The molecule has 0 bridgehead atoms. The molecular weight excluding hydrogens is 495 g/mol. The Balaban J connectivity index is 1.38. The van der Waals surface area contributed by atoms with Crippen molar-refractivity contribution in [2.24, 2.45) is 5.41 Å². The normalized spacial score (nSPS) is 15.3. The molecule has 0 radical (unpaired) electrons. The summed E-state index contributed by atoms with van der Waals surface area (Å²) in [4.78, 5) is 4.75. The number of furan rings is 1. The largest absolute Gasteiger partial charge is 0.454 e. The van der Waals surface area contributed by atoms with Gasteiger partial charge in [-0.05, 0) is 71.3 Å². The Labute approximate surface area is 226 Å². The van der Waals surface area contributed by atoms with E-state index in [2.05, 4.69) is 36.4 Å². The van der Waals surface area contributed by atoms with Crippen LogP contribution in [0.15, 0.2) is 83.4 Å². The van der Waals surface area contributed by atoms with Crippen LogP contribution in [0.4, 0.5) is 13.2 Å². The molecule has 5 heteroatoms. The Hall–Kier alpha value is -3.60. The standard InChI is InChI=1S/C34H32F3NO/c1-33(2,34(35,36)37)21-22-12-14-24(15-13-22)30-20-26-16-17-38-31(32(26)39-30)27-18-25-10-6-7-11-28(25)29(19-27)23-8-4-3-5-9-23/h6-7,10-20,23H,3-5,8-9,21H2,1-2H3. The summed E-state index contributed by atoms with van der Waals surface area (Å²) in [5, 5.41) is 3.47. The molecule has 1 fully saturated rings. The van der Waals surface area contributed by atoms with Crippen molar-refractivity contribution >= 4 is 21.7 Å². The fraction of sp³-hybridized carbons (Fsp3) is 0.324. The Morgan fingerprint density at radius 3 is 2.31 bits per heavy atom. The first kappa shape index (κ1) is 25.7. The first-order valence-corrected chi connectivity index (χ1v) is 13.8.